The first-order chi connectivity index (χ1) is 14.6. The van der Waals surface area contributed by atoms with E-state index in [0.29, 0.717) is 11.5 Å². The Bertz CT molecular complexity index is 831. The minimum absolute atomic E-state index is 0.0945. The Morgan fingerprint density at radius 3 is 2.47 bits per heavy atom. The number of aromatic nitrogens is 2. The Kier molecular flexibility index (Phi) is 6.72. The first kappa shape index (κ1) is 20.9. The van der Waals surface area contributed by atoms with E-state index in [0.717, 1.165) is 29.6 Å². The number of benzene rings is 1. The fourth-order valence-corrected chi connectivity index (χ4v) is 4.99. The molecule has 0 spiro atoms. The Morgan fingerprint density at radius 1 is 1.10 bits per heavy atom. The number of carbonyl (C=O) groups is 1. The molecule has 2 fully saturated rings. The molecular formula is C24H34N4O2. The van der Waals surface area contributed by atoms with Gasteiger partial charge >= 0.3 is 0 Å². The van der Waals surface area contributed by atoms with Crippen molar-refractivity contribution in [3.8, 4) is 5.75 Å². The fraction of sp³-hybridized carbons (Fsp3) is 0.583. The van der Waals surface area contributed by atoms with Gasteiger partial charge in [-0.3, -0.25) is 9.48 Å². The Balaban J connectivity index is 1.35. The average Bonchev–Trinajstić information content (AvgIpc) is 3.15. The second-order valence-electron chi connectivity index (χ2n) is 8.82. The van der Waals surface area contributed by atoms with Gasteiger partial charge in [0.05, 0.1) is 18.4 Å². The summed E-state index contributed by atoms with van der Waals surface area (Å²) in [5.41, 5.74) is 2.36. The number of ether oxygens (including phenoxy) is 1. The zero-order valence-electron chi connectivity index (χ0n) is 18.3. The molecule has 2 aromatic rings. The highest BCUT2D eigenvalue weighted by Gasteiger charge is 2.27. The highest BCUT2D eigenvalue weighted by molar-refractivity contribution is 6.04. The summed E-state index contributed by atoms with van der Waals surface area (Å²) >= 11 is 0. The van der Waals surface area contributed by atoms with Crippen molar-refractivity contribution in [1.82, 2.24) is 14.7 Å². The molecule has 162 valence electrons. The molecule has 2 aliphatic rings. The number of nitrogens with zero attached hydrogens (tertiary/aromatic N) is 3. The van der Waals surface area contributed by atoms with Crippen LogP contribution in [0.5, 0.6) is 5.75 Å². The number of piperidine rings is 1. The van der Waals surface area contributed by atoms with E-state index in [2.05, 4.69) is 15.3 Å². The topological polar surface area (TPSA) is 59.4 Å². The third-order valence-corrected chi connectivity index (χ3v) is 6.72. The lowest BCUT2D eigenvalue weighted by Crippen LogP contribution is -2.42. The molecule has 6 nitrogen and oxygen atoms in total. The van der Waals surface area contributed by atoms with Crippen molar-refractivity contribution in [1.29, 1.82) is 0 Å². The van der Waals surface area contributed by atoms with Crippen molar-refractivity contribution in [3.63, 3.8) is 0 Å². The van der Waals surface area contributed by atoms with Crippen LogP contribution in [0.3, 0.4) is 0 Å². The molecule has 6 heteroatoms. The first-order valence-corrected chi connectivity index (χ1v) is 11.3. The van der Waals surface area contributed by atoms with Crippen molar-refractivity contribution in [2.45, 2.75) is 57.4 Å². The highest BCUT2D eigenvalue weighted by Crippen LogP contribution is 2.29. The molecule has 1 saturated heterocycles. The van der Waals surface area contributed by atoms with E-state index in [1.54, 1.807) is 11.8 Å². The van der Waals surface area contributed by atoms with E-state index in [9.17, 15) is 4.79 Å². The lowest BCUT2D eigenvalue weighted by atomic mass is 9.88. The smallest absolute Gasteiger partial charge is 0.259 e. The van der Waals surface area contributed by atoms with Crippen LogP contribution in [0, 0.1) is 5.92 Å². The molecule has 30 heavy (non-hydrogen) atoms. The zero-order chi connectivity index (χ0) is 20.9. The molecule has 2 heterocycles. The first-order valence-electron chi connectivity index (χ1n) is 11.3. The monoisotopic (exact) mass is 410 g/mol. The number of hydrogen-bond donors (Lipinski definition) is 1. The summed E-state index contributed by atoms with van der Waals surface area (Å²) in [6.45, 7) is 2.38. The van der Waals surface area contributed by atoms with Crippen LogP contribution in [0.1, 0.15) is 61.0 Å². The summed E-state index contributed by atoms with van der Waals surface area (Å²) in [7, 11) is 3.52. The van der Waals surface area contributed by atoms with Crippen LogP contribution in [0.2, 0.25) is 0 Å². The number of anilines is 1. The number of likely N-dealkylation sites (tertiary alicyclic amines) is 1. The summed E-state index contributed by atoms with van der Waals surface area (Å²) in [5, 5.41) is 7.62. The molecule has 1 N–H and O–H groups in total. The Hall–Kier alpha value is -2.34. The third-order valence-electron chi connectivity index (χ3n) is 6.72. The van der Waals surface area contributed by atoms with Gasteiger partial charge in [0.25, 0.3) is 5.91 Å². The number of amides is 1. The maximum atomic E-state index is 12.9. The van der Waals surface area contributed by atoms with Gasteiger partial charge in [-0.2, -0.15) is 5.10 Å². The average molecular weight is 411 g/mol. The van der Waals surface area contributed by atoms with Gasteiger partial charge in [0.1, 0.15) is 5.75 Å². The predicted molar refractivity (Wildman–Crippen MR) is 119 cm³/mol. The van der Waals surface area contributed by atoms with Gasteiger partial charge < -0.3 is 15.0 Å². The molecule has 0 unspecified atom stereocenters. The molecule has 1 aliphatic carbocycles. The normalized spacial score (nSPS) is 19.0. The highest BCUT2D eigenvalue weighted by atomic mass is 16.5. The van der Waals surface area contributed by atoms with Gasteiger partial charge in [-0.15, -0.1) is 0 Å². The number of nitrogens with one attached hydrogen (secondary N) is 1. The fourth-order valence-electron chi connectivity index (χ4n) is 4.99. The molecule has 1 amide bonds. The largest absolute Gasteiger partial charge is 0.497 e. The van der Waals surface area contributed by atoms with Gasteiger partial charge in [0.2, 0.25) is 0 Å². The lowest BCUT2D eigenvalue weighted by Gasteiger charge is -2.39. The number of aryl methyl sites for hydroxylation is 1. The van der Waals surface area contributed by atoms with Crippen LogP contribution in [0.25, 0.3) is 0 Å². The van der Waals surface area contributed by atoms with E-state index >= 15 is 0 Å². The molecule has 0 bridgehead atoms. The predicted octanol–water partition coefficient (Wildman–Crippen LogP) is 4.27. The number of hydrogen-bond acceptors (Lipinski definition) is 4. The summed E-state index contributed by atoms with van der Waals surface area (Å²) in [5.74, 6) is 1.28. The molecule has 1 aromatic carbocycles. The van der Waals surface area contributed by atoms with Crippen LogP contribution in [0.4, 0.5) is 5.69 Å². The molecule has 0 atom stereocenters. The van der Waals surface area contributed by atoms with Gasteiger partial charge in [-0.05, 0) is 75.4 Å². The van der Waals surface area contributed by atoms with Crippen molar-refractivity contribution in [2.75, 3.05) is 25.5 Å². The van der Waals surface area contributed by atoms with Gasteiger partial charge in [0.15, 0.2) is 0 Å². The lowest BCUT2D eigenvalue weighted by molar-refractivity contribution is 0.102. The minimum atomic E-state index is -0.0945. The van der Waals surface area contributed by atoms with Crippen molar-refractivity contribution in [3.05, 3.63) is 41.7 Å². The molecule has 1 aromatic heterocycles. The third kappa shape index (κ3) is 5.04. The maximum Gasteiger partial charge on any atom is 0.259 e. The van der Waals surface area contributed by atoms with Crippen LogP contribution >= 0.6 is 0 Å². The van der Waals surface area contributed by atoms with Gasteiger partial charge in [-0.25, -0.2) is 0 Å². The van der Waals surface area contributed by atoms with E-state index < -0.39 is 0 Å². The van der Waals surface area contributed by atoms with Crippen molar-refractivity contribution in [2.24, 2.45) is 13.0 Å². The van der Waals surface area contributed by atoms with Crippen LogP contribution < -0.4 is 10.1 Å². The number of carbonyl (C=O) groups excluding carboxylic acids is 1. The van der Waals surface area contributed by atoms with Gasteiger partial charge in [0, 0.05) is 25.0 Å². The molecule has 4 rings (SSSR count). The SMILES string of the molecule is COc1ccc(NC(=O)c2cn(C)nc2CC2CCN(C3CCCCC3)CC2)cc1. The van der Waals surface area contributed by atoms with Crippen molar-refractivity contribution >= 4 is 11.6 Å². The number of methoxy groups -OCH3 is 1. The zero-order valence-corrected chi connectivity index (χ0v) is 18.3. The molecule has 1 aliphatic heterocycles. The van der Waals surface area contributed by atoms with E-state index in [-0.39, 0.29) is 5.91 Å². The Morgan fingerprint density at radius 2 is 1.80 bits per heavy atom. The van der Waals surface area contributed by atoms with Crippen molar-refractivity contribution < 1.29 is 9.53 Å². The van der Waals surface area contributed by atoms with E-state index in [1.165, 1.54) is 58.0 Å². The summed E-state index contributed by atoms with van der Waals surface area (Å²) in [4.78, 5) is 15.6. The molecule has 0 radical (unpaired) electrons. The summed E-state index contributed by atoms with van der Waals surface area (Å²) in [6, 6.07) is 8.21. The molecule has 1 saturated carbocycles. The second-order valence-corrected chi connectivity index (χ2v) is 8.82. The van der Waals surface area contributed by atoms with Gasteiger partial charge in [-0.1, -0.05) is 19.3 Å². The van der Waals surface area contributed by atoms with Crippen LogP contribution in [0.15, 0.2) is 30.5 Å². The summed E-state index contributed by atoms with van der Waals surface area (Å²) in [6.07, 6.45) is 12.1. The van der Waals surface area contributed by atoms with Crippen LogP contribution in [-0.4, -0.2) is 46.8 Å². The van der Waals surface area contributed by atoms with E-state index in [4.69, 9.17) is 4.74 Å². The maximum absolute atomic E-state index is 12.9. The molecular weight excluding hydrogens is 376 g/mol. The Labute approximate surface area is 179 Å². The standard InChI is InChI=1S/C24H34N4O2/c1-27-17-22(24(29)25-19-8-10-21(30-2)11-9-19)23(26-27)16-18-12-14-28(15-13-18)20-6-4-3-5-7-20/h8-11,17-18,20H,3-7,12-16H2,1-2H3,(H,25,29). The second kappa shape index (κ2) is 9.65. The quantitative estimate of drug-likeness (QED) is 0.773. The number of rotatable bonds is 6. The van der Waals surface area contributed by atoms with Crippen LogP contribution in [-0.2, 0) is 13.5 Å². The van der Waals surface area contributed by atoms with E-state index in [1.807, 2.05) is 37.5 Å². The minimum Gasteiger partial charge on any atom is -0.497 e. The summed E-state index contributed by atoms with van der Waals surface area (Å²) < 4.78 is 6.94.